The Labute approximate surface area is 109 Å². The number of rotatable bonds is 4. The normalized spacial score (nSPS) is 10.2. The maximum Gasteiger partial charge on any atom is 0.363 e. The molecule has 0 aromatic carbocycles. The Balaban J connectivity index is 2.66. The standard InChI is InChI=1S/C9H5N5O6/c15-9(16)8-7(14(19)20)4-12(11-8)5-1-2-10-3-6(5)13(17)18/h1-4H,(H,15,16). The highest BCUT2D eigenvalue weighted by molar-refractivity contribution is 5.90. The molecule has 102 valence electrons. The molecule has 0 atom stereocenters. The fraction of sp³-hybridized carbons (Fsp3) is 0. The number of carboxylic acid groups (broad SMARTS) is 1. The number of carboxylic acids is 1. The van der Waals surface area contributed by atoms with Crippen molar-refractivity contribution in [1.29, 1.82) is 0 Å². The summed E-state index contributed by atoms with van der Waals surface area (Å²) < 4.78 is 0.765. The highest BCUT2D eigenvalue weighted by Gasteiger charge is 2.27. The second-order valence-corrected chi connectivity index (χ2v) is 3.49. The first-order chi connectivity index (χ1) is 9.41. The Morgan fingerprint density at radius 1 is 1.25 bits per heavy atom. The summed E-state index contributed by atoms with van der Waals surface area (Å²) in [6.45, 7) is 0. The number of pyridine rings is 1. The number of aromatic nitrogens is 3. The zero-order valence-electron chi connectivity index (χ0n) is 9.53. The maximum atomic E-state index is 10.9. The SMILES string of the molecule is O=C(O)c1nn(-c2ccncc2[N+](=O)[O-])cc1[N+](=O)[O-]. The molecule has 0 saturated heterocycles. The summed E-state index contributed by atoms with van der Waals surface area (Å²) in [4.78, 5) is 34.3. The van der Waals surface area contributed by atoms with E-state index < -0.39 is 32.9 Å². The van der Waals surface area contributed by atoms with Crippen LogP contribution in [0.5, 0.6) is 0 Å². The lowest BCUT2D eigenvalue weighted by molar-refractivity contribution is -0.385. The lowest BCUT2D eigenvalue weighted by atomic mass is 10.3. The molecule has 0 bridgehead atoms. The number of carbonyl (C=O) groups is 1. The predicted octanol–water partition coefficient (Wildman–Crippen LogP) is 0.782. The number of hydrogen-bond acceptors (Lipinski definition) is 7. The maximum absolute atomic E-state index is 10.9. The van der Waals surface area contributed by atoms with Gasteiger partial charge in [-0.15, -0.1) is 0 Å². The minimum atomic E-state index is -1.60. The zero-order valence-corrected chi connectivity index (χ0v) is 9.53. The van der Waals surface area contributed by atoms with E-state index in [1.807, 2.05) is 0 Å². The van der Waals surface area contributed by atoms with Crippen LogP contribution in [0.3, 0.4) is 0 Å². The van der Waals surface area contributed by atoms with Gasteiger partial charge in [0, 0.05) is 6.20 Å². The van der Waals surface area contributed by atoms with Crippen LogP contribution in [-0.4, -0.2) is 35.7 Å². The van der Waals surface area contributed by atoms with Gasteiger partial charge in [-0.05, 0) is 6.07 Å². The molecule has 2 aromatic rings. The molecule has 0 unspecified atom stereocenters. The Morgan fingerprint density at radius 3 is 2.40 bits per heavy atom. The molecule has 1 N–H and O–H groups in total. The molecule has 0 spiro atoms. The lowest BCUT2D eigenvalue weighted by Crippen LogP contribution is -2.04. The topological polar surface area (TPSA) is 154 Å². The fourth-order valence-corrected chi connectivity index (χ4v) is 1.49. The van der Waals surface area contributed by atoms with E-state index in [9.17, 15) is 25.0 Å². The summed E-state index contributed by atoms with van der Waals surface area (Å²) in [5, 5.41) is 33.9. The summed E-state index contributed by atoms with van der Waals surface area (Å²) >= 11 is 0. The second kappa shape index (κ2) is 4.72. The third-order valence-corrected chi connectivity index (χ3v) is 2.32. The molecule has 11 nitrogen and oxygen atoms in total. The first-order valence-electron chi connectivity index (χ1n) is 4.98. The Bertz CT molecular complexity index is 692. The van der Waals surface area contributed by atoms with Crippen LogP contribution >= 0.6 is 0 Å². The molecule has 2 aromatic heterocycles. The lowest BCUT2D eigenvalue weighted by Gasteiger charge is -2.00. The van der Waals surface area contributed by atoms with Crippen LogP contribution in [0, 0.1) is 20.2 Å². The largest absolute Gasteiger partial charge is 0.476 e. The predicted molar refractivity (Wildman–Crippen MR) is 61.6 cm³/mol. The molecule has 0 amide bonds. The van der Waals surface area contributed by atoms with Crippen LogP contribution in [-0.2, 0) is 0 Å². The van der Waals surface area contributed by atoms with Crippen LogP contribution in [0.1, 0.15) is 10.5 Å². The first-order valence-corrected chi connectivity index (χ1v) is 4.98. The van der Waals surface area contributed by atoms with Gasteiger partial charge in [0.15, 0.2) is 0 Å². The molecular weight excluding hydrogens is 274 g/mol. The van der Waals surface area contributed by atoms with Gasteiger partial charge in [-0.1, -0.05) is 0 Å². The van der Waals surface area contributed by atoms with Crippen molar-refractivity contribution in [3.05, 3.63) is 50.6 Å². The third kappa shape index (κ3) is 2.14. The Morgan fingerprint density at radius 2 is 1.90 bits per heavy atom. The van der Waals surface area contributed by atoms with Crippen molar-refractivity contribution in [3.8, 4) is 5.69 Å². The number of nitrogens with zero attached hydrogens (tertiary/aromatic N) is 5. The van der Waals surface area contributed by atoms with Gasteiger partial charge < -0.3 is 5.11 Å². The third-order valence-electron chi connectivity index (χ3n) is 2.32. The van der Waals surface area contributed by atoms with Gasteiger partial charge in [0.05, 0.1) is 9.85 Å². The van der Waals surface area contributed by atoms with E-state index in [1.54, 1.807) is 0 Å². The highest BCUT2D eigenvalue weighted by Crippen LogP contribution is 2.24. The van der Waals surface area contributed by atoms with Crippen LogP contribution < -0.4 is 0 Å². The Hall–Kier alpha value is -3.37. The van der Waals surface area contributed by atoms with Crippen molar-refractivity contribution < 1.29 is 19.7 Å². The summed E-state index contributed by atoms with van der Waals surface area (Å²) in [5.41, 5.74) is -2.15. The van der Waals surface area contributed by atoms with Gasteiger partial charge >= 0.3 is 17.3 Å². The number of aromatic carboxylic acids is 1. The summed E-state index contributed by atoms with van der Waals surface area (Å²) in [5.74, 6) is -1.60. The molecule has 0 radical (unpaired) electrons. The Kier molecular flexibility index (Phi) is 3.08. The minimum Gasteiger partial charge on any atom is -0.476 e. The average Bonchev–Trinajstić information content (AvgIpc) is 2.83. The van der Waals surface area contributed by atoms with Gasteiger partial charge in [-0.3, -0.25) is 25.2 Å². The van der Waals surface area contributed by atoms with Crippen molar-refractivity contribution in [2.75, 3.05) is 0 Å². The van der Waals surface area contributed by atoms with Crippen molar-refractivity contribution in [1.82, 2.24) is 14.8 Å². The van der Waals surface area contributed by atoms with Gasteiger partial charge in [-0.25, -0.2) is 9.48 Å². The highest BCUT2D eigenvalue weighted by atomic mass is 16.6. The van der Waals surface area contributed by atoms with Crippen molar-refractivity contribution in [3.63, 3.8) is 0 Å². The van der Waals surface area contributed by atoms with Gasteiger partial charge in [0.2, 0.25) is 5.69 Å². The van der Waals surface area contributed by atoms with Crippen molar-refractivity contribution >= 4 is 17.3 Å². The monoisotopic (exact) mass is 279 g/mol. The van der Waals surface area contributed by atoms with Gasteiger partial charge in [0.25, 0.3) is 0 Å². The smallest absolute Gasteiger partial charge is 0.363 e. The van der Waals surface area contributed by atoms with Crippen molar-refractivity contribution in [2.24, 2.45) is 0 Å². The van der Waals surface area contributed by atoms with Crippen LogP contribution in [0.4, 0.5) is 11.4 Å². The van der Waals surface area contributed by atoms with E-state index in [-0.39, 0.29) is 5.69 Å². The fourth-order valence-electron chi connectivity index (χ4n) is 1.49. The molecule has 0 aliphatic heterocycles. The van der Waals surface area contributed by atoms with Crippen LogP contribution in [0.15, 0.2) is 24.7 Å². The molecule has 0 saturated carbocycles. The zero-order chi connectivity index (χ0) is 14.9. The molecule has 0 aliphatic carbocycles. The average molecular weight is 279 g/mol. The van der Waals surface area contributed by atoms with Gasteiger partial charge in [-0.2, -0.15) is 5.10 Å². The molecule has 0 fully saturated rings. The summed E-state index contributed by atoms with van der Waals surface area (Å²) in [6, 6.07) is 1.19. The van der Waals surface area contributed by atoms with Crippen LogP contribution in [0.25, 0.3) is 5.69 Å². The molecule has 20 heavy (non-hydrogen) atoms. The van der Waals surface area contributed by atoms with E-state index in [4.69, 9.17) is 5.11 Å². The molecule has 0 aliphatic rings. The molecule has 11 heteroatoms. The summed E-state index contributed by atoms with van der Waals surface area (Å²) in [7, 11) is 0. The molecule has 2 heterocycles. The molecule has 2 rings (SSSR count). The molecular formula is C9H5N5O6. The van der Waals surface area contributed by atoms with Gasteiger partial charge in [0.1, 0.15) is 18.1 Å². The number of hydrogen-bond donors (Lipinski definition) is 1. The van der Waals surface area contributed by atoms with Crippen molar-refractivity contribution in [2.45, 2.75) is 0 Å². The minimum absolute atomic E-state index is 0.124. The first kappa shape index (κ1) is 13.1. The van der Waals surface area contributed by atoms with E-state index in [1.165, 1.54) is 12.3 Å². The van der Waals surface area contributed by atoms with E-state index in [2.05, 4.69) is 10.1 Å². The quantitative estimate of drug-likeness (QED) is 0.635. The van der Waals surface area contributed by atoms with E-state index in [0.717, 1.165) is 17.1 Å². The summed E-state index contributed by atoms with van der Waals surface area (Å²) in [6.07, 6.45) is 2.95. The van der Waals surface area contributed by atoms with Crippen LogP contribution in [0.2, 0.25) is 0 Å². The van der Waals surface area contributed by atoms with E-state index in [0.29, 0.717) is 0 Å². The van der Waals surface area contributed by atoms with E-state index >= 15 is 0 Å². The second-order valence-electron chi connectivity index (χ2n) is 3.49. The number of nitro groups is 2.